The minimum absolute atomic E-state index is 0.138. The van der Waals surface area contributed by atoms with Crippen LogP contribution in [-0.4, -0.2) is 52.6 Å². The van der Waals surface area contributed by atoms with E-state index in [-0.39, 0.29) is 29.7 Å². The summed E-state index contributed by atoms with van der Waals surface area (Å²) in [5.74, 6) is -0.775. The van der Waals surface area contributed by atoms with Crippen LogP contribution in [-0.2, 0) is 16.7 Å². The largest absolute Gasteiger partial charge is 0.534 e. The Labute approximate surface area is 208 Å². The van der Waals surface area contributed by atoms with Crippen molar-refractivity contribution in [2.24, 2.45) is 5.73 Å². The van der Waals surface area contributed by atoms with E-state index in [2.05, 4.69) is 19.1 Å². The fourth-order valence-electron chi connectivity index (χ4n) is 3.68. The maximum absolute atomic E-state index is 13.2. The van der Waals surface area contributed by atoms with E-state index >= 15 is 0 Å². The van der Waals surface area contributed by atoms with Crippen LogP contribution >= 0.6 is 0 Å². The molecule has 0 spiro atoms. The molecule has 15 heteroatoms. The first-order valence-corrected chi connectivity index (χ1v) is 12.1. The van der Waals surface area contributed by atoms with Crippen LogP contribution in [0, 0.1) is 12.7 Å². The van der Waals surface area contributed by atoms with E-state index in [9.17, 15) is 30.8 Å². The van der Waals surface area contributed by atoms with Crippen molar-refractivity contribution in [3.05, 3.63) is 81.9 Å². The molecule has 2 N–H and O–H groups in total. The molecular formula is C22H20F4N6O4S. The highest BCUT2D eigenvalue weighted by Gasteiger charge is 2.48. The zero-order valence-corrected chi connectivity index (χ0v) is 20.0. The first kappa shape index (κ1) is 26.2. The molecule has 1 aliphatic rings. The van der Waals surface area contributed by atoms with E-state index in [4.69, 9.17) is 5.73 Å². The predicted molar refractivity (Wildman–Crippen MR) is 125 cm³/mol. The summed E-state index contributed by atoms with van der Waals surface area (Å²) in [4.78, 5) is 26.3. The van der Waals surface area contributed by atoms with Crippen molar-refractivity contribution in [1.29, 1.82) is 0 Å². The van der Waals surface area contributed by atoms with Crippen molar-refractivity contribution in [3.63, 3.8) is 0 Å². The molecule has 10 nitrogen and oxygen atoms in total. The van der Waals surface area contributed by atoms with Gasteiger partial charge < -0.3 is 14.8 Å². The third-order valence-electron chi connectivity index (χ3n) is 5.51. The number of pyridine rings is 1. The molecule has 0 saturated heterocycles. The fraction of sp³-hybridized carbons (Fsp3) is 0.273. The summed E-state index contributed by atoms with van der Waals surface area (Å²) >= 11 is 0. The van der Waals surface area contributed by atoms with Gasteiger partial charge in [0.15, 0.2) is 0 Å². The first-order valence-electron chi connectivity index (χ1n) is 10.7. The van der Waals surface area contributed by atoms with Crippen LogP contribution in [0.2, 0.25) is 0 Å². The summed E-state index contributed by atoms with van der Waals surface area (Å²) in [5.41, 5.74) is 1.83. The van der Waals surface area contributed by atoms with Gasteiger partial charge in [0.05, 0.1) is 6.54 Å². The van der Waals surface area contributed by atoms with Crippen LogP contribution in [0.3, 0.4) is 0 Å². The average Bonchev–Trinajstić information content (AvgIpc) is 2.81. The number of anilines is 1. The summed E-state index contributed by atoms with van der Waals surface area (Å²) in [7, 11) is -5.90. The number of hydrogen-bond donors (Lipinski definition) is 1. The molecule has 0 saturated carbocycles. The fourth-order valence-corrected chi connectivity index (χ4v) is 4.09. The molecule has 1 aliphatic heterocycles. The van der Waals surface area contributed by atoms with Crippen molar-refractivity contribution < 1.29 is 30.2 Å². The molecule has 2 aromatic heterocycles. The van der Waals surface area contributed by atoms with Gasteiger partial charge in [0.25, 0.3) is 0 Å². The van der Waals surface area contributed by atoms with E-state index in [1.807, 2.05) is 6.08 Å². The van der Waals surface area contributed by atoms with Crippen LogP contribution in [0.4, 0.5) is 23.5 Å². The summed E-state index contributed by atoms with van der Waals surface area (Å²) in [6.07, 6.45) is 2.89. The second-order valence-electron chi connectivity index (χ2n) is 8.10. The molecule has 1 aromatic carbocycles. The number of aromatic nitrogens is 4. The third-order valence-corrected chi connectivity index (χ3v) is 6.46. The van der Waals surface area contributed by atoms with Gasteiger partial charge in [0.2, 0.25) is 11.8 Å². The van der Waals surface area contributed by atoms with Gasteiger partial charge in [-0.05, 0) is 41.8 Å². The van der Waals surface area contributed by atoms with E-state index < -0.39 is 33.2 Å². The van der Waals surface area contributed by atoms with Crippen LogP contribution in [0.5, 0.6) is 5.88 Å². The number of hydrogen-bond acceptors (Lipinski definition) is 9. The lowest BCUT2D eigenvalue weighted by Gasteiger charge is -2.31. The average molecular weight is 540 g/mol. The molecule has 0 aliphatic carbocycles. The second-order valence-corrected chi connectivity index (χ2v) is 9.64. The highest BCUT2D eigenvalue weighted by Crippen LogP contribution is 2.27. The lowest BCUT2D eigenvalue weighted by atomic mass is 9.95. The van der Waals surface area contributed by atoms with Gasteiger partial charge >= 0.3 is 21.3 Å². The van der Waals surface area contributed by atoms with Gasteiger partial charge in [-0.3, -0.25) is 4.57 Å². The Morgan fingerprint density at radius 2 is 1.86 bits per heavy atom. The molecule has 0 bridgehead atoms. The summed E-state index contributed by atoms with van der Waals surface area (Å²) in [6, 6.07) is 7.84. The van der Waals surface area contributed by atoms with Crippen molar-refractivity contribution in [2.75, 3.05) is 18.0 Å². The SMILES string of the molecule is Cc1nc(N2CC=C(c3ccc(F)cc3)C(N)C2)nc(=O)n1Cc1ccnc(OS(=O)(=O)C(F)(F)F)c1. The van der Waals surface area contributed by atoms with E-state index in [1.54, 1.807) is 24.0 Å². The van der Waals surface area contributed by atoms with Gasteiger partial charge in [-0.1, -0.05) is 18.2 Å². The second kappa shape index (κ2) is 9.89. The molecule has 37 heavy (non-hydrogen) atoms. The molecule has 3 aromatic rings. The Balaban J connectivity index is 1.53. The first-order chi connectivity index (χ1) is 17.3. The molecular weight excluding hydrogens is 520 g/mol. The number of aryl methyl sites for hydroxylation is 1. The quantitative estimate of drug-likeness (QED) is 0.283. The molecule has 3 heterocycles. The minimum atomic E-state index is -5.90. The molecule has 0 radical (unpaired) electrons. The predicted octanol–water partition coefficient (Wildman–Crippen LogP) is 1.99. The maximum Gasteiger partial charge on any atom is 0.534 e. The minimum Gasteiger partial charge on any atom is -0.355 e. The van der Waals surface area contributed by atoms with Crippen LogP contribution in [0.15, 0.2) is 53.5 Å². The van der Waals surface area contributed by atoms with Crippen molar-refractivity contribution in [3.8, 4) is 5.88 Å². The Hall–Kier alpha value is -3.85. The smallest absolute Gasteiger partial charge is 0.355 e. The zero-order valence-electron chi connectivity index (χ0n) is 19.2. The van der Waals surface area contributed by atoms with Crippen LogP contribution in [0.1, 0.15) is 17.0 Å². The molecule has 1 unspecified atom stereocenters. The van der Waals surface area contributed by atoms with E-state index in [1.165, 1.54) is 18.2 Å². The summed E-state index contributed by atoms with van der Waals surface area (Å²) < 4.78 is 78.6. The van der Waals surface area contributed by atoms with Gasteiger partial charge in [0, 0.05) is 31.4 Å². The number of alkyl halides is 3. The Bertz CT molecular complexity index is 1510. The van der Waals surface area contributed by atoms with Crippen molar-refractivity contribution in [2.45, 2.75) is 25.0 Å². The number of halogens is 4. The lowest BCUT2D eigenvalue weighted by Crippen LogP contribution is -2.44. The highest BCUT2D eigenvalue weighted by molar-refractivity contribution is 7.87. The molecule has 1 atom stereocenters. The Morgan fingerprint density at radius 1 is 1.16 bits per heavy atom. The third kappa shape index (κ3) is 5.77. The number of rotatable bonds is 6. The monoisotopic (exact) mass is 540 g/mol. The van der Waals surface area contributed by atoms with Gasteiger partial charge in [0.1, 0.15) is 11.6 Å². The normalized spacial score (nSPS) is 16.4. The van der Waals surface area contributed by atoms with Crippen molar-refractivity contribution >= 4 is 21.6 Å². The number of benzene rings is 1. The standard InChI is InChI=1S/C22H20F4N6O4S/c1-13-29-20(31-9-7-17(18(27)12-31)15-2-4-16(23)5-3-15)30-21(33)32(13)11-14-6-8-28-19(10-14)36-37(34,35)22(24,25)26/h2-8,10,18H,9,11-12,27H2,1H3. The maximum atomic E-state index is 13.2. The van der Waals surface area contributed by atoms with Crippen molar-refractivity contribution in [1.82, 2.24) is 19.5 Å². The van der Waals surface area contributed by atoms with Crippen LogP contribution < -0.4 is 20.5 Å². The van der Waals surface area contributed by atoms with E-state index in [0.717, 1.165) is 28.0 Å². The lowest BCUT2D eigenvalue weighted by molar-refractivity contribution is -0.0501. The Morgan fingerprint density at radius 3 is 2.49 bits per heavy atom. The van der Waals surface area contributed by atoms with Gasteiger partial charge in [-0.25, -0.2) is 14.2 Å². The van der Waals surface area contributed by atoms with Gasteiger partial charge in [-0.15, -0.1) is 0 Å². The number of nitrogens with zero attached hydrogens (tertiary/aromatic N) is 5. The summed E-state index contributed by atoms with van der Waals surface area (Å²) in [6.45, 7) is 2.01. The topological polar surface area (TPSA) is 133 Å². The van der Waals surface area contributed by atoms with Gasteiger partial charge in [-0.2, -0.15) is 31.6 Å². The number of nitrogens with two attached hydrogens (primary N) is 1. The molecule has 0 amide bonds. The highest BCUT2D eigenvalue weighted by atomic mass is 32.2. The van der Waals surface area contributed by atoms with E-state index in [0.29, 0.717) is 13.1 Å². The Kier molecular flexibility index (Phi) is 7.01. The zero-order chi connectivity index (χ0) is 27.0. The molecule has 4 rings (SSSR count). The van der Waals surface area contributed by atoms with Crippen LogP contribution in [0.25, 0.3) is 5.57 Å². The molecule has 196 valence electrons. The summed E-state index contributed by atoms with van der Waals surface area (Å²) in [5, 5.41) is 0. The molecule has 0 fully saturated rings.